The van der Waals surface area contributed by atoms with Crippen molar-refractivity contribution in [3.8, 4) is 0 Å². The van der Waals surface area contributed by atoms with E-state index in [2.05, 4.69) is 11.9 Å². The Morgan fingerprint density at radius 1 is 1.60 bits per heavy atom. The van der Waals surface area contributed by atoms with Crippen LogP contribution in [-0.4, -0.2) is 29.1 Å². The highest BCUT2D eigenvalue weighted by Crippen LogP contribution is 1.97. The SMILES string of the molecule is C=CCC(NC(=O)C(N)CCC)C(=O)O. The van der Waals surface area contributed by atoms with Gasteiger partial charge in [-0.2, -0.15) is 0 Å². The zero-order valence-corrected chi connectivity index (χ0v) is 8.90. The number of carboxylic acid groups (broad SMARTS) is 1. The molecule has 0 aromatic rings. The van der Waals surface area contributed by atoms with Crippen molar-refractivity contribution in [2.75, 3.05) is 0 Å². The molecular formula is C10H18N2O3. The molecule has 5 nitrogen and oxygen atoms in total. The molecule has 0 saturated heterocycles. The van der Waals surface area contributed by atoms with Crippen LogP contribution in [0, 0.1) is 0 Å². The molecule has 1 amide bonds. The van der Waals surface area contributed by atoms with E-state index in [0.29, 0.717) is 6.42 Å². The number of nitrogens with two attached hydrogens (primary N) is 1. The number of carboxylic acids is 1. The van der Waals surface area contributed by atoms with Gasteiger partial charge < -0.3 is 16.2 Å². The van der Waals surface area contributed by atoms with Gasteiger partial charge in [0.15, 0.2) is 0 Å². The second-order valence-corrected chi connectivity index (χ2v) is 3.32. The van der Waals surface area contributed by atoms with Gasteiger partial charge in [0.25, 0.3) is 0 Å². The van der Waals surface area contributed by atoms with Crippen LogP contribution >= 0.6 is 0 Å². The Morgan fingerprint density at radius 3 is 2.60 bits per heavy atom. The van der Waals surface area contributed by atoms with Crippen LogP contribution in [0.25, 0.3) is 0 Å². The third kappa shape index (κ3) is 5.17. The van der Waals surface area contributed by atoms with E-state index in [1.807, 2.05) is 6.92 Å². The Bertz CT molecular complexity index is 241. The summed E-state index contributed by atoms with van der Waals surface area (Å²) >= 11 is 0. The molecule has 0 aromatic heterocycles. The smallest absolute Gasteiger partial charge is 0.326 e. The lowest BCUT2D eigenvalue weighted by atomic mass is 10.1. The molecule has 0 aliphatic heterocycles. The van der Waals surface area contributed by atoms with Crippen molar-refractivity contribution < 1.29 is 14.7 Å². The molecule has 0 radical (unpaired) electrons. The Labute approximate surface area is 89.3 Å². The highest BCUT2D eigenvalue weighted by molar-refractivity contribution is 5.86. The molecular weight excluding hydrogens is 196 g/mol. The van der Waals surface area contributed by atoms with E-state index in [4.69, 9.17) is 10.8 Å². The van der Waals surface area contributed by atoms with Gasteiger partial charge in [-0.25, -0.2) is 4.79 Å². The first-order valence-corrected chi connectivity index (χ1v) is 4.92. The summed E-state index contributed by atoms with van der Waals surface area (Å²) in [4.78, 5) is 22.1. The van der Waals surface area contributed by atoms with Crippen LogP contribution in [0.3, 0.4) is 0 Å². The minimum Gasteiger partial charge on any atom is -0.480 e. The Balaban J connectivity index is 4.21. The number of nitrogens with one attached hydrogen (secondary N) is 1. The Kier molecular flexibility index (Phi) is 6.37. The van der Waals surface area contributed by atoms with Crippen molar-refractivity contribution in [3.63, 3.8) is 0 Å². The first-order valence-electron chi connectivity index (χ1n) is 4.92. The number of carbonyl (C=O) groups excluding carboxylic acids is 1. The maximum absolute atomic E-state index is 11.4. The molecule has 0 rings (SSSR count). The standard InChI is InChI=1S/C10H18N2O3/c1-3-5-7(11)9(13)12-8(6-4-2)10(14)15/h4,7-8H,2-3,5-6,11H2,1H3,(H,12,13)(H,14,15). The molecule has 0 bridgehead atoms. The van der Waals surface area contributed by atoms with E-state index in [1.54, 1.807) is 0 Å². The van der Waals surface area contributed by atoms with Crippen molar-refractivity contribution in [2.45, 2.75) is 38.3 Å². The fourth-order valence-electron chi connectivity index (χ4n) is 1.11. The topological polar surface area (TPSA) is 92.4 Å². The van der Waals surface area contributed by atoms with Crippen LogP contribution in [-0.2, 0) is 9.59 Å². The molecule has 0 saturated carbocycles. The van der Waals surface area contributed by atoms with Gasteiger partial charge >= 0.3 is 5.97 Å². The molecule has 0 aliphatic carbocycles. The molecule has 2 unspecified atom stereocenters. The van der Waals surface area contributed by atoms with E-state index in [0.717, 1.165) is 6.42 Å². The average Bonchev–Trinajstić information content (AvgIpc) is 2.17. The number of hydrogen-bond acceptors (Lipinski definition) is 3. The van der Waals surface area contributed by atoms with Gasteiger partial charge in [0.2, 0.25) is 5.91 Å². The summed E-state index contributed by atoms with van der Waals surface area (Å²) in [7, 11) is 0. The van der Waals surface area contributed by atoms with E-state index >= 15 is 0 Å². The molecule has 0 aliphatic rings. The van der Waals surface area contributed by atoms with Gasteiger partial charge in [-0.15, -0.1) is 6.58 Å². The summed E-state index contributed by atoms with van der Waals surface area (Å²) in [6, 6.07) is -1.57. The molecule has 86 valence electrons. The van der Waals surface area contributed by atoms with Crippen molar-refractivity contribution in [3.05, 3.63) is 12.7 Å². The molecule has 5 heteroatoms. The summed E-state index contributed by atoms with van der Waals surface area (Å²) < 4.78 is 0. The molecule has 4 N–H and O–H groups in total. The van der Waals surface area contributed by atoms with Crippen molar-refractivity contribution in [1.29, 1.82) is 0 Å². The first-order chi connectivity index (χ1) is 7.02. The maximum Gasteiger partial charge on any atom is 0.326 e. The largest absolute Gasteiger partial charge is 0.480 e. The van der Waals surface area contributed by atoms with E-state index in [-0.39, 0.29) is 6.42 Å². The third-order valence-electron chi connectivity index (χ3n) is 1.95. The molecule has 15 heavy (non-hydrogen) atoms. The van der Waals surface area contributed by atoms with E-state index < -0.39 is 24.0 Å². The highest BCUT2D eigenvalue weighted by Gasteiger charge is 2.21. The monoisotopic (exact) mass is 214 g/mol. The van der Waals surface area contributed by atoms with Gasteiger partial charge in [0, 0.05) is 0 Å². The predicted molar refractivity (Wildman–Crippen MR) is 57.3 cm³/mol. The second-order valence-electron chi connectivity index (χ2n) is 3.32. The predicted octanol–water partition coefficient (Wildman–Crippen LogP) is 0.259. The van der Waals surface area contributed by atoms with Crippen LogP contribution in [0.1, 0.15) is 26.2 Å². The fraction of sp³-hybridized carbons (Fsp3) is 0.600. The summed E-state index contributed by atoms with van der Waals surface area (Å²) in [6.45, 7) is 5.33. The normalized spacial score (nSPS) is 14.0. The minimum atomic E-state index is -1.08. The molecule has 0 heterocycles. The van der Waals surface area contributed by atoms with Gasteiger partial charge in [-0.1, -0.05) is 19.4 Å². The number of rotatable bonds is 7. The molecule has 0 fully saturated rings. The fourth-order valence-corrected chi connectivity index (χ4v) is 1.11. The summed E-state index contributed by atoms with van der Waals surface area (Å²) in [5, 5.41) is 11.1. The van der Waals surface area contributed by atoms with Crippen molar-refractivity contribution >= 4 is 11.9 Å². The lowest BCUT2D eigenvalue weighted by Gasteiger charge is -2.16. The van der Waals surface area contributed by atoms with Gasteiger partial charge in [-0.3, -0.25) is 4.79 Å². The second kappa shape index (κ2) is 7.00. The van der Waals surface area contributed by atoms with Crippen LogP contribution in [0.2, 0.25) is 0 Å². The van der Waals surface area contributed by atoms with Gasteiger partial charge in [0.1, 0.15) is 6.04 Å². The van der Waals surface area contributed by atoms with Crippen molar-refractivity contribution in [2.24, 2.45) is 5.73 Å². The third-order valence-corrected chi connectivity index (χ3v) is 1.95. The van der Waals surface area contributed by atoms with Crippen LogP contribution in [0.15, 0.2) is 12.7 Å². The van der Waals surface area contributed by atoms with Gasteiger partial charge in [-0.05, 0) is 12.8 Å². The van der Waals surface area contributed by atoms with Crippen LogP contribution in [0.4, 0.5) is 0 Å². The molecule has 0 aromatic carbocycles. The summed E-state index contributed by atoms with van der Waals surface area (Å²) in [5.41, 5.74) is 5.54. The average molecular weight is 214 g/mol. The number of amides is 1. The molecule has 0 spiro atoms. The van der Waals surface area contributed by atoms with E-state index in [1.165, 1.54) is 6.08 Å². The number of hydrogen-bond donors (Lipinski definition) is 3. The Morgan fingerprint density at radius 2 is 2.20 bits per heavy atom. The summed E-state index contributed by atoms with van der Waals surface area (Å²) in [6.07, 6.45) is 2.98. The van der Waals surface area contributed by atoms with Gasteiger partial charge in [0.05, 0.1) is 6.04 Å². The first kappa shape index (κ1) is 13.6. The van der Waals surface area contributed by atoms with E-state index in [9.17, 15) is 9.59 Å². The zero-order valence-electron chi connectivity index (χ0n) is 8.90. The number of aliphatic carboxylic acids is 1. The highest BCUT2D eigenvalue weighted by atomic mass is 16.4. The Hall–Kier alpha value is -1.36. The van der Waals surface area contributed by atoms with Crippen molar-refractivity contribution in [1.82, 2.24) is 5.32 Å². The maximum atomic E-state index is 11.4. The lowest BCUT2D eigenvalue weighted by Crippen LogP contribution is -2.48. The van der Waals surface area contributed by atoms with Crippen LogP contribution in [0.5, 0.6) is 0 Å². The molecule has 2 atom stereocenters. The lowest BCUT2D eigenvalue weighted by molar-refractivity contribution is -0.141. The number of carbonyl (C=O) groups is 2. The van der Waals surface area contributed by atoms with Crippen LogP contribution < -0.4 is 11.1 Å². The minimum absolute atomic E-state index is 0.194. The summed E-state index contributed by atoms with van der Waals surface area (Å²) in [5.74, 6) is -1.50. The quantitative estimate of drug-likeness (QED) is 0.530. The zero-order chi connectivity index (χ0) is 11.8.